The summed E-state index contributed by atoms with van der Waals surface area (Å²) in [7, 11) is 0. The van der Waals surface area contributed by atoms with E-state index in [1.807, 2.05) is 0 Å². The highest BCUT2D eigenvalue weighted by Crippen LogP contribution is 2.15. The minimum Gasteiger partial charge on any atom is -0.389 e. The zero-order valence-corrected chi connectivity index (χ0v) is 10.8. The zero-order chi connectivity index (χ0) is 12.5. The number of likely N-dealkylation sites (tertiary alicyclic amines) is 1. The van der Waals surface area contributed by atoms with Crippen molar-refractivity contribution in [3.05, 3.63) is 0 Å². The average molecular weight is 243 g/mol. The van der Waals surface area contributed by atoms with Crippen LogP contribution in [0.1, 0.15) is 39.0 Å². The van der Waals surface area contributed by atoms with E-state index in [0.717, 1.165) is 44.9 Å². The normalized spacial score (nSPS) is 23.5. The molecule has 2 unspecified atom stereocenters. The number of ether oxygens (including phenoxy) is 1. The lowest BCUT2D eigenvalue weighted by Crippen LogP contribution is -2.45. The third-order valence-electron chi connectivity index (χ3n) is 3.22. The first-order chi connectivity index (χ1) is 8.27. The highest BCUT2D eigenvalue weighted by Gasteiger charge is 2.23. The third kappa shape index (κ3) is 5.61. The molecule has 0 amide bonds. The Morgan fingerprint density at radius 1 is 1.53 bits per heavy atom. The van der Waals surface area contributed by atoms with Crippen molar-refractivity contribution in [3.8, 4) is 0 Å². The molecule has 1 rings (SSSR count). The minimum atomic E-state index is -0.479. The van der Waals surface area contributed by atoms with E-state index >= 15 is 0 Å². The molecule has 1 aliphatic heterocycles. The van der Waals surface area contributed by atoms with Crippen LogP contribution in [0.3, 0.4) is 0 Å². The zero-order valence-electron chi connectivity index (χ0n) is 10.8. The summed E-state index contributed by atoms with van der Waals surface area (Å²) in [6, 6.07) is -0.00552. The molecule has 1 fully saturated rings. The van der Waals surface area contributed by atoms with Gasteiger partial charge in [0.15, 0.2) is 0 Å². The smallest absolute Gasteiger partial charge is 0.137 e. The number of hydrogen-bond donors (Lipinski definition) is 1. The van der Waals surface area contributed by atoms with Crippen molar-refractivity contribution in [1.82, 2.24) is 4.90 Å². The molecule has 1 saturated heterocycles. The van der Waals surface area contributed by atoms with Crippen LogP contribution in [0.2, 0.25) is 0 Å². The number of aldehydes is 1. The third-order valence-corrected chi connectivity index (χ3v) is 3.22. The van der Waals surface area contributed by atoms with Crippen LogP contribution >= 0.6 is 0 Å². The lowest BCUT2D eigenvalue weighted by Gasteiger charge is -2.33. The number of unbranched alkanes of at least 4 members (excludes halogenated alkanes) is 1. The Hall–Kier alpha value is -0.450. The minimum absolute atomic E-state index is 0.00552. The average Bonchev–Trinajstić information content (AvgIpc) is 2.35. The predicted octanol–water partition coefficient (Wildman–Crippen LogP) is 1.22. The Labute approximate surface area is 104 Å². The van der Waals surface area contributed by atoms with Gasteiger partial charge >= 0.3 is 0 Å². The Kier molecular flexibility index (Phi) is 7.40. The number of nitrogens with zero attached hydrogens (tertiary/aromatic N) is 1. The van der Waals surface area contributed by atoms with Gasteiger partial charge in [-0.3, -0.25) is 4.90 Å². The fourth-order valence-corrected chi connectivity index (χ4v) is 2.19. The van der Waals surface area contributed by atoms with Crippen LogP contribution in [0, 0.1) is 0 Å². The number of piperidine rings is 1. The van der Waals surface area contributed by atoms with Gasteiger partial charge in [0.25, 0.3) is 0 Å². The number of hydrogen-bond acceptors (Lipinski definition) is 4. The molecule has 0 saturated carbocycles. The van der Waals surface area contributed by atoms with Crippen LogP contribution in [0.5, 0.6) is 0 Å². The van der Waals surface area contributed by atoms with E-state index in [9.17, 15) is 9.90 Å². The van der Waals surface area contributed by atoms with Crippen LogP contribution in [0.25, 0.3) is 0 Å². The Morgan fingerprint density at radius 2 is 2.35 bits per heavy atom. The first-order valence-corrected chi connectivity index (χ1v) is 6.73. The van der Waals surface area contributed by atoms with Gasteiger partial charge < -0.3 is 14.6 Å². The maximum atomic E-state index is 10.9. The fourth-order valence-electron chi connectivity index (χ4n) is 2.19. The van der Waals surface area contributed by atoms with E-state index in [0.29, 0.717) is 19.8 Å². The van der Waals surface area contributed by atoms with Gasteiger partial charge in [-0.05, 0) is 25.8 Å². The quantitative estimate of drug-likeness (QED) is 0.514. The van der Waals surface area contributed by atoms with Gasteiger partial charge in [0, 0.05) is 13.2 Å². The number of β-amino-alcohol motifs (C(OH)–C–C–N with tert-alkyl or cyclic N) is 1. The van der Waals surface area contributed by atoms with Gasteiger partial charge in [0.1, 0.15) is 6.29 Å². The summed E-state index contributed by atoms with van der Waals surface area (Å²) < 4.78 is 5.38. The van der Waals surface area contributed by atoms with Crippen LogP contribution < -0.4 is 0 Å². The molecule has 2 atom stereocenters. The topological polar surface area (TPSA) is 49.8 Å². The summed E-state index contributed by atoms with van der Waals surface area (Å²) in [5, 5.41) is 9.83. The highest BCUT2D eigenvalue weighted by atomic mass is 16.5. The Bertz CT molecular complexity index is 211. The molecule has 0 bridgehead atoms. The summed E-state index contributed by atoms with van der Waals surface area (Å²) in [5.41, 5.74) is 0. The van der Waals surface area contributed by atoms with E-state index in [1.165, 1.54) is 0 Å². The van der Waals surface area contributed by atoms with Gasteiger partial charge in [0.2, 0.25) is 0 Å². The van der Waals surface area contributed by atoms with Crippen molar-refractivity contribution < 1.29 is 14.6 Å². The molecule has 4 heteroatoms. The summed E-state index contributed by atoms with van der Waals surface area (Å²) >= 11 is 0. The second kappa shape index (κ2) is 8.61. The molecule has 4 nitrogen and oxygen atoms in total. The SMILES string of the molecule is CCCCOCC(O)CN1CCCCC1C=O. The first kappa shape index (κ1) is 14.6. The van der Waals surface area contributed by atoms with Gasteiger partial charge in [0.05, 0.1) is 18.8 Å². The predicted molar refractivity (Wildman–Crippen MR) is 67.0 cm³/mol. The standard InChI is InChI=1S/C13H25NO3/c1-2-3-8-17-11-13(16)9-14-7-5-4-6-12(14)10-15/h10,12-13,16H,2-9,11H2,1H3. The molecule has 0 aliphatic carbocycles. The first-order valence-electron chi connectivity index (χ1n) is 6.73. The number of aliphatic hydroxyl groups is 1. The number of carbonyl (C=O) groups is 1. The second-order valence-electron chi connectivity index (χ2n) is 4.78. The van der Waals surface area contributed by atoms with Crippen LogP contribution in [-0.4, -0.2) is 54.7 Å². The van der Waals surface area contributed by atoms with Crippen molar-refractivity contribution in [3.63, 3.8) is 0 Å². The van der Waals surface area contributed by atoms with Crippen LogP contribution in [0.15, 0.2) is 0 Å². The summed E-state index contributed by atoms with van der Waals surface area (Å²) in [5.74, 6) is 0. The molecule has 1 N–H and O–H groups in total. The fraction of sp³-hybridized carbons (Fsp3) is 0.923. The number of carbonyl (C=O) groups excluding carboxylic acids is 1. The molecule has 0 aromatic carbocycles. The van der Waals surface area contributed by atoms with E-state index in [-0.39, 0.29) is 6.04 Å². The molecule has 100 valence electrons. The molecule has 1 heterocycles. The lowest BCUT2D eigenvalue weighted by atomic mass is 10.0. The molecule has 0 radical (unpaired) electrons. The Balaban J connectivity index is 2.19. The van der Waals surface area contributed by atoms with Crippen molar-refractivity contribution in [1.29, 1.82) is 0 Å². The van der Waals surface area contributed by atoms with Gasteiger partial charge in [-0.1, -0.05) is 19.8 Å². The highest BCUT2D eigenvalue weighted by molar-refractivity contribution is 5.57. The second-order valence-corrected chi connectivity index (χ2v) is 4.78. The largest absolute Gasteiger partial charge is 0.389 e. The van der Waals surface area contributed by atoms with Crippen molar-refractivity contribution in [2.75, 3.05) is 26.3 Å². The van der Waals surface area contributed by atoms with E-state index in [4.69, 9.17) is 4.74 Å². The molecular formula is C13H25NO3. The van der Waals surface area contributed by atoms with Gasteiger partial charge in [-0.15, -0.1) is 0 Å². The van der Waals surface area contributed by atoms with Gasteiger partial charge in [-0.25, -0.2) is 0 Å². The summed E-state index contributed by atoms with van der Waals surface area (Å²) in [6.07, 6.45) is 5.82. The molecule has 1 aliphatic rings. The maximum absolute atomic E-state index is 10.9. The van der Waals surface area contributed by atoms with E-state index < -0.39 is 6.10 Å². The Morgan fingerprint density at radius 3 is 3.06 bits per heavy atom. The van der Waals surface area contributed by atoms with Crippen molar-refractivity contribution >= 4 is 6.29 Å². The number of aliphatic hydroxyl groups excluding tert-OH is 1. The molecule has 0 aromatic heterocycles. The lowest BCUT2D eigenvalue weighted by molar-refractivity contribution is -0.114. The summed E-state index contributed by atoms with van der Waals surface area (Å²) in [4.78, 5) is 13.0. The van der Waals surface area contributed by atoms with Crippen molar-refractivity contribution in [2.45, 2.75) is 51.2 Å². The van der Waals surface area contributed by atoms with E-state index in [1.54, 1.807) is 0 Å². The van der Waals surface area contributed by atoms with Crippen LogP contribution in [0.4, 0.5) is 0 Å². The van der Waals surface area contributed by atoms with Crippen LogP contribution in [-0.2, 0) is 9.53 Å². The molecule has 0 aromatic rings. The molecule has 17 heavy (non-hydrogen) atoms. The van der Waals surface area contributed by atoms with Crippen molar-refractivity contribution in [2.24, 2.45) is 0 Å². The molecule has 0 spiro atoms. The maximum Gasteiger partial charge on any atom is 0.137 e. The van der Waals surface area contributed by atoms with Gasteiger partial charge in [-0.2, -0.15) is 0 Å². The summed E-state index contributed by atoms with van der Waals surface area (Å²) in [6.45, 7) is 4.67. The number of rotatable bonds is 8. The molecular weight excluding hydrogens is 218 g/mol. The monoisotopic (exact) mass is 243 g/mol. The van der Waals surface area contributed by atoms with E-state index in [2.05, 4.69) is 11.8 Å².